The molecular formula is C18H20FN3O5S. The molecule has 1 atom stereocenters. The highest BCUT2D eigenvalue weighted by Crippen LogP contribution is 2.27. The number of hydrogen-bond acceptors (Lipinski definition) is 5. The summed E-state index contributed by atoms with van der Waals surface area (Å²) in [6, 6.07) is 7.84. The van der Waals surface area contributed by atoms with Gasteiger partial charge in [-0.1, -0.05) is 13.0 Å². The standard InChI is InChI=1S/C18H20FN3O5S/c1-4-16(21(28(3,26)27)14-10-8-13(19)9-11-14)18(23)20-15-6-5-7-17(12(15)2)22(24)25/h5-11,16H,4H2,1-3H3,(H,20,23)/t16-/m0/s1. The Kier molecular flexibility index (Phi) is 6.34. The van der Waals surface area contributed by atoms with E-state index >= 15 is 0 Å². The maximum Gasteiger partial charge on any atom is 0.274 e. The quantitative estimate of drug-likeness (QED) is 0.558. The highest BCUT2D eigenvalue weighted by atomic mass is 32.2. The van der Waals surface area contributed by atoms with E-state index in [0.29, 0.717) is 0 Å². The number of carbonyl (C=O) groups is 1. The van der Waals surface area contributed by atoms with Gasteiger partial charge in [0, 0.05) is 6.07 Å². The minimum Gasteiger partial charge on any atom is -0.324 e. The molecule has 0 aromatic heterocycles. The summed E-state index contributed by atoms with van der Waals surface area (Å²) in [6.45, 7) is 3.12. The Hall–Kier alpha value is -3.01. The van der Waals surface area contributed by atoms with Crippen LogP contribution < -0.4 is 9.62 Å². The van der Waals surface area contributed by atoms with Crippen molar-refractivity contribution >= 4 is 33.0 Å². The number of amides is 1. The van der Waals surface area contributed by atoms with Gasteiger partial charge in [0.25, 0.3) is 5.69 Å². The predicted molar refractivity (Wildman–Crippen MR) is 104 cm³/mol. The zero-order valence-corrected chi connectivity index (χ0v) is 16.4. The number of sulfonamides is 1. The molecule has 0 aliphatic carbocycles. The van der Waals surface area contributed by atoms with Crippen LogP contribution in [0.4, 0.5) is 21.5 Å². The Labute approximate surface area is 162 Å². The van der Waals surface area contributed by atoms with Gasteiger partial charge in [-0.3, -0.25) is 19.2 Å². The summed E-state index contributed by atoms with van der Waals surface area (Å²) in [5.74, 6) is -1.19. The highest BCUT2D eigenvalue weighted by molar-refractivity contribution is 7.92. The molecule has 0 spiro atoms. The summed E-state index contributed by atoms with van der Waals surface area (Å²) in [4.78, 5) is 23.4. The van der Waals surface area contributed by atoms with E-state index in [9.17, 15) is 27.7 Å². The number of nitro benzene ring substituents is 1. The van der Waals surface area contributed by atoms with Crippen molar-refractivity contribution in [2.45, 2.75) is 26.3 Å². The van der Waals surface area contributed by atoms with Gasteiger partial charge in [0.15, 0.2) is 0 Å². The summed E-state index contributed by atoms with van der Waals surface area (Å²) >= 11 is 0. The molecule has 0 aliphatic rings. The molecule has 0 saturated heterocycles. The SMILES string of the molecule is CC[C@@H](C(=O)Nc1cccc([N+](=O)[O-])c1C)N(c1ccc(F)cc1)S(C)(=O)=O. The third kappa shape index (κ3) is 4.63. The lowest BCUT2D eigenvalue weighted by atomic mass is 10.1. The number of carbonyl (C=O) groups excluding carboxylic acids is 1. The Morgan fingerprint density at radius 3 is 2.36 bits per heavy atom. The van der Waals surface area contributed by atoms with Gasteiger partial charge >= 0.3 is 0 Å². The Morgan fingerprint density at radius 2 is 1.86 bits per heavy atom. The lowest BCUT2D eigenvalue weighted by Gasteiger charge is -2.30. The first-order valence-electron chi connectivity index (χ1n) is 8.36. The van der Waals surface area contributed by atoms with Crippen LogP contribution in [0.3, 0.4) is 0 Å². The number of nitro groups is 1. The van der Waals surface area contributed by atoms with Crippen LogP contribution in [0, 0.1) is 22.9 Å². The molecule has 0 fully saturated rings. The van der Waals surface area contributed by atoms with Crippen molar-refractivity contribution in [3.8, 4) is 0 Å². The molecule has 0 aliphatic heterocycles. The molecule has 1 amide bonds. The molecule has 150 valence electrons. The van der Waals surface area contributed by atoms with Crippen molar-refractivity contribution in [3.05, 3.63) is 64.0 Å². The van der Waals surface area contributed by atoms with Crippen molar-refractivity contribution in [3.63, 3.8) is 0 Å². The maximum atomic E-state index is 13.2. The minimum absolute atomic E-state index is 0.129. The molecule has 28 heavy (non-hydrogen) atoms. The van der Waals surface area contributed by atoms with Gasteiger partial charge in [0.05, 0.1) is 28.1 Å². The first-order chi connectivity index (χ1) is 13.1. The topological polar surface area (TPSA) is 110 Å². The summed E-state index contributed by atoms with van der Waals surface area (Å²) in [6.07, 6.45) is 1.08. The normalized spacial score (nSPS) is 12.3. The number of hydrogen-bond donors (Lipinski definition) is 1. The monoisotopic (exact) mass is 409 g/mol. The van der Waals surface area contributed by atoms with Crippen LogP contribution in [0.2, 0.25) is 0 Å². The van der Waals surface area contributed by atoms with Crippen molar-refractivity contribution in [1.82, 2.24) is 0 Å². The average molecular weight is 409 g/mol. The van der Waals surface area contributed by atoms with Crippen LogP contribution in [-0.2, 0) is 14.8 Å². The van der Waals surface area contributed by atoms with Gasteiger partial charge in [-0.05, 0) is 43.7 Å². The molecule has 0 unspecified atom stereocenters. The molecule has 0 heterocycles. The highest BCUT2D eigenvalue weighted by Gasteiger charge is 2.32. The molecule has 2 aromatic carbocycles. The van der Waals surface area contributed by atoms with E-state index < -0.39 is 32.7 Å². The van der Waals surface area contributed by atoms with Crippen molar-refractivity contribution in [2.24, 2.45) is 0 Å². The number of rotatable bonds is 7. The van der Waals surface area contributed by atoms with Gasteiger partial charge < -0.3 is 5.32 Å². The van der Waals surface area contributed by atoms with Gasteiger partial charge in [-0.25, -0.2) is 12.8 Å². The molecule has 1 N–H and O–H groups in total. The maximum absolute atomic E-state index is 13.2. The van der Waals surface area contributed by atoms with Crippen molar-refractivity contribution in [1.29, 1.82) is 0 Å². The smallest absolute Gasteiger partial charge is 0.274 e. The number of nitrogens with zero attached hydrogens (tertiary/aromatic N) is 2. The Bertz CT molecular complexity index is 993. The molecule has 0 saturated carbocycles. The first-order valence-corrected chi connectivity index (χ1v) is 10.2. The van der Waals surface area contributed by atoms with Crippen LogP contribution in [-0.4, -0.2) is 31.5 Å². The van der Waals surface area contributed by atoms with E-state index in [0.717, 1.165) is 22.7 Å². The average Bonchev–Trinajstić information content (AvgIpc) is 2.61. The zero-order valence-electron chi connectivity index (χ0n) is 15.5. The molecule has 2 rings (SSSR count). The van der Waals surface area contributed by atoms with Crippen molar-refractivity contribution in [2.75, 3.05) is 15.9 Å². The molecule has 0 radical (unpaired) electrons. The third-order valence-corrected chi connectivity index (χ3v) is 5.35. The van der Waals surface area contributed by atoms with E-state index in [4.69, 9.17) is 0 Å². The largest absolute Gasteiger partial charge is 0.324 e. The van der Waals surface area contributed by atoms with Gasteiger partial charge in [0.2, 0.25) is 15.9 Å². The minimum atomic E-state index is -3.87. The summed E-state index contributed by atoms with van der Waals surface area (Å²) in [5, 5.41) is 13.6. The lowest BCUT2D eigenvalue weighted by molar-refractivity contribution is -0.385. The third-order valence-electron chi connectivity index (χ3n) is 4.17. The van der Waals surface area contributed by atoms with E-state index in [-0.39, 0.29) is 29.0 Å². The molecule has 2 aromatic rings. The second-order valence-electron chi connectivity index (χ2n) is 6.16. The number of anilines is 2. The first kappa shape index (κ1) is 21.3. The Morgan fingerprint density at radius 1 is 1.25 bits per heavy atom. The van der Waals surface area contributed by atoms with E-state index in [1.54, 1.807) is 6.92 Å². The van der Waals surface area contributed by atoms with E-state index in [1.165, 1.54) is 37.3 Å². The van der Waals surface area contributed by atoms with Gasteiger partial charge in [0.1, 0.15) is 11.9 Å². The van der Waals surface area contributed by atoms with Gasteiger partial charge in [-0.2, -0.15) is 0 Å². The fourth-order valence-electron chi connectivity index (χ4n) is 2.82. The van der Waals surface area contributed by atoms with Gasteiger partial charge in [-0.15, -0.1) is 0 Å². The number of nitrogens with one attached hydrogen (secondary N) is 1. The summed E-state index contributed by atoms with van der Waals surface area (Å²) < 4.78 is 38.8. The van der Waals surface area contributed by atoms with Crippen LogP contribution >= 0.6 is 0 Å². The molecule has 10 heteroatoms. The zero-order chi connectivity index (χ0) is 21.1. The number of halogens is 1. The molecule has 8 nitrogen and oxygen atoms in total. The van der Waals surface area contributed by atoms with Crippen LogP contribution in [0.15, 0.2) is 42.5 Å². The predicted octanol–water partition coefficient (Wildman–Crippen LogP) is 3.23. The Balaban J connectivity index is 2.41. The van der Waals surface area contributed by atoms with Crippen LogP contribution in [0.1, 0.15) is 18.9 Å². The van der Waals surface area contributed by atoms with E-state index in [2.05, 4.69) is 5.32 Å². The second kappa shape index (κ2) is 8.34. The second-order valence-corrected chi connectivity index (χ2v) is 8.01. The molecule has 0 bridgehead atoms. The van der Waals surface area contributed by atoms with Crippen molar-refractivity contribution < 1.29 is 22.5 Å². The summed E-state index contributed by atoms with van der Waals surface area (Å²) in [5.41, 5.74) is 0.444. The van der Waals surface area contributed by atoms with Crippen LogP contribution in [0.25, 0.3) is 0 Å². The fraction of sp³-hybridized carbons (Fsp3) is 0.278. The van der Waals surface area contributed by atoms with E-state index in [1.807, 2.05) is 0 Å². The fourth-order valence-corrected chi connectivity index (χ4v) is 4.03. The number of benzene rings is 2. The summed E-state index contributed by atoms with van der Waals surface area (Å²) in [7, 11) is -3.87. The lowest BCUT2D eigenvalue weighted by Crippen LogP contribution is -2.47. The van der Waals surface area contributed by atoms with Crippen LogP contribution in [0.5, 0.6) is 0 Å². The molecular weight excluding hydrogens is 389 g/mol.